The first-order valence-corrected chi connectivity index (χ1v) is 9.96. The van der Waals surface area contributed by atoms with Gasteiger partial charge in [0.1, 0.15) is 12.4 Å². The maximum Gasteiger partial charge on any atom is 0.260 e. The third-order valence-electron chi connectivity index (χ3n) is 5.01. The van der Waals surface area contributed by atoms with E-state index in [1.165, 1.54) is 0 Å². The Morgan fingerprint density at radius 1 is 1.28 bits per heavy atom. The van der Waals surface area contributed by atoms with Gasteiger partial charge in [0.15, 0.2) is 5.82 Å². The Balaban J connectivity index is 1.58. The van der Waals surface area contributed by atoms with Gasteiger partial charge in [-0.05, 0) is 48.7 Å². The Bertz CT molecular complexity index is 1060. The van der Waals surface area contributed by atoms with Crippen LogP contribution in [0.5, 0.6) is 5.75 Å². The van der Waals surface area contributed by atoms with Crippen LogP contribution in [0.3, 0.4) is 0 Å². The quantitative estimate of drug-likeness (QED) is 0.652. The van der Waals surface area contributed by atoms with Gasteiger partial charge in [-0.15, -0.1) is 0 Å². The number of benzene rings is 2. The standard InChI is InChI=1S/C22H22ClN3O3/c1-12(2)20-25-22(29-26-20)17-6-4-5-13(3)19(17)24-21(27)15-9-14-10-16(23)7-8-18(14)28-11-15/h4-8,10,12,15H,9,11H2,1-3H3,(H,24,27). The Kier molecular flexibility index (Phi) is 5.28. The third kappa shape index (κ3) is 3.98. The monoisotopic (exact) mass is 411 g/mol. The van der Waals surface area contributed by atoms with Gasteiger partial charge in [0.25, 0.3) is 5.89 Å². The average molecular weight is 412 g/mol. The topological polar surface area (TPSA) is 77.3 Å². The summed E-state index contributed by atoms with van der Waals surface area (Å²) >= 11 is 6.09. The van der Waals surface area contributed by atoms with Crippen LogP contribution in [-0.2, 0) is 11.2 Å². The van der Waals surface area contributed by atoms with E-state index in [9.17, 15) is 4.79 Å². The van der Waals surface area contributed by atoms with Crippen LogP contribution in [0.2, 0.25) is 5.02 Å². The lowest BCUT2D eigenvalue weighted by atomic mass is 9.95. The molecule has 4 rings (SSSR count). The summed E-state index contributed by atoms with van der Waals surface area (Å²) in [4.78, 5) is 17.5. The smallest absolute Gasteiger partial charge is 0.260 e. The van der Waals surface area contributed by atoms with Crippen LogP contribution >= 0.6 is 11.6 Å². The van der Waals surface area contributed by atoms with Gasteiger partial charge in [0, 0.05) is 10.9 Å². The minimum absolute atomic E-state index is 0.116. The number of rotatable bonds is 4. The number of aromatic nitrogens is 2. The molecule has 1 atom stereocenters. The van der Waals surface area contributed by atoms with E-state index in [0.717, 1.165) is 16.9 Å². The molecule has 0 saturated heterocycles. The first kappa shape index (κ1) is 19.5. The summed E-state index contributed by atoms with van der Waals surface area (Å²) in [5.41, 5.74) is 3.24. The lowest BCUT2D eigenvalue weighted by molar-refractivity contribution is -0.121. The number of para-hydroxylation sites is 1. The predicted octanol–water partition coefficient (Wildman–Crippen LogP) is 5.01. The van der Waals surface area contributed by atoms with Crippen molar-refractivity contribution in [1.29, 1.82) is 0 Å². The lowest BCUT2D eigenvalue weighted by Crippen LogP contribution is -2.33. The SMILES string of the molecule is Cc1cccc(-c2nc(C(C)C)no2)c1NC(=O)C1COc2ccc(Cl)cc2C1. The maximum absolute atomic E-state index is 13.0. The van der Waals surface area contributed by atoms with Gasteiger partial charge in [-0.25, -0.2) is 0 Å². The number of nitrogens with one attached hydrogen (secondary N) is 1. The highest BCUT2D eigenvalue weighted by atomic mass is 35.5. The molecule has 3 aromatic rings. The van der Waals surface area contributed by atoms with Crippen molar-refractivity contribution in [2.45, 2.75) is 33.1 Å². The number of hydrogen-bond acceptors (Lipinski definition) is 5. The van der Waals surface area contributed by atoms with Gasteiger partial charge in [-0.2, -0.15) is 4.98 Å². The van der Waals surface area contributed by atoms with Crippen molar-refractivity contribution in [3.63, 3.8) is 0 Å². The van der Waals surface area contributed by atoms with Crippen molar-refractivity contribution < 1.29 is 14.1 Å². The molecule has 1 aliphatic rings. The van der Waals surface area contributed by atoms with Crippen molar-refractivity contribution in [2.75, 3.05) is 11.9 Å². The molecule has 0 fully saturated rings. The van der Waals surface area contributed by atoms with Crippen molar-refractivity contribution in [3.05, 3.63) is 58.4 Å². The van der Waals surface area contributed by atoms with E-state index < -0.39 is 0 Å². The van der Waals surface area contributed by atoms with E-state index in [-0.39, 0.29) is 17.7 Å². The molecule has 1 aliphatic heterocycles. The van der Waals surface area contributed by atoms with Crippen LogP contribution in [-0.4, -0.2) is 22.7 Å². The molecule has 29 heavy (non-hydrogen) atoms. The molecule has 6 nitrogen and oxygen atoms in total. The Labute approximate surface area is 174 Å². The Morgan fingerprint density at radius 2 is 2.10 bits per heavy atom. The second kappa shape index (κ2) is 7.87. The van der Waals surface area contributed by atoms with Crippen molar-refractivity contribution in [2.24, 2.45) is 5.92 Å². The number of aryl methyl sites for hydroxylation is 1. The highest BCUT2D eigenvalue weighted by Gasteiger charge is 2.27. The highest BCUT2D eigenvalue weighted by Crippen LogP contribution is 2.33. The summed E-state index contributed by atoms with van der Waals surface area (Å²) in [6, 6.07) is 11.2. The fourth-order valence-corrected chi connectivity index (χ4v) is 3.54. The van der Waals surface area contributed by atoms with Crippen molar-refractivity contribution in [3.8, 4) is 17.2 Å². The van der Waals surface area contributed by atoms with E-state index in [4.69, 9.17) is 20.9 Å². The number of hydrogen-bond donors (Lipinski definition) is 1. The van der Waals surface area contributed by atoms with Crippen molar-refractivity contribution >= 4 is 23.2 Å². The van der Waals surface area contributed by atoms with Crippen LogP contribution in [0.25, 0.3) is 11.5 Å². The molecule has 0 radical (unpaired) electrons. The number of amides is 1. The molecule has 150 valence electrons. The zero-order valence-corrected chi connectivity index (χ0v) is 17.3. The molecule has 0 saturated carbocycles. The van der Waals surface area contributed by atoms with E-state index in [1.54, 1.807) is 6.07 Å². The molecule has 0 aliphatic carbocycles. The number of carbonyl (C=O) groups excluding carboxylic acids is 1. The van der Waals surface area contributed by atoms with E-state index in [0.29, 0.717) is 41.0 Å². The first-order chi connectivity index (χ1) is 13.9. The number of halogens is 1. The number of fused-ring (bicyclic) bond motifs is 1. The maximum atomic E-state index is 13.0. The predicted molar refractivity (Wildman–Crippen MR) is 111 cm³/mol. The minimum Gasteiger partial charge on any atom is -0.492 e. The summed E-state index contributed by atoms with van der Waals surface area (Å²) in [6.45, 7) is 6.26. The number of anilines is 1. The zero-order valence-electron chi connectivity index (χ0n) is 16.5. The number of nitrogens with zero attached hydrogens (tertiary/aromatic N) is 2. The molecule has 2 heterocycles. The summed E-state index contributed by atoms with van der Waals surface area (Å²) < 4.78 is 11.2. The molecule has 7 heteroatoms. The molecular weight excluding hydrogens is 390 g/mol. The molecule has 1 unspecified atom stereocenters. The largest absolute Gasteiger partial charge is 0.492 e. The Hall–Kier alpha value is -2.86. The van der Waals surface area contributed by atoms with E-state index >= 15 is 0 Å². The molecule has 1 amide bonds. The van der Waals surface area contributed by atoms with E-state index in [1.807, 2.05) is 51.1 Å². The number of carbonyl (C=O) groups is 1. The van der Waals surface area contributed by atoms with Crippen LogP contribution < -0.4 is 10.1 Å². The molecular formula is C22H22ClN3O3. The van der Waals surface area contributed by atoms with Gasteiger partial charge in [-0.1, -0.05) is 42.7 Å². The molecule has 1 aromatic heterocycles. The van der Waals surface area contributed by atoms with Gasteiger partial charge >= 0.3 is 0 Å². The summed E-state index contributed by atoms with van der Waals surface area (Å²) in [6.07, 6.45) is 0.570. The minimum atomic E-state index is -0.317. The molecule has 2 aromatic carbocycles. The first-order valence-electron chi connectivity index (χ1n) is 9.58. The second-order valence-electron chi connectivity index (χ2n) is 7.56. The average Bonchev–Trinajstić information content (AvgIpc) is 3.19. The van der Waals surface area contributed by atoms with Gasteiger partial charge in [0.2, 0.25) is 5.91 Å². The summed E-state index contributed by atoms with van der Waals surface area (Å²) in [7, 11) is 0. The summed E-state index contributed by atoms with van der Waals surface area (Å²) in [5, 5.41) is 7.72. The van der Waals surface area contributed by atoms with Crippen molar-refractivity contribution in [1.82, 2.24) is 10.1 Å². The van der Waals surface area contributed by atoms with Crippen LogP contribution in [0.1, 0.15) is 36.7 Å². The van der Waals surface area contributed by atoms with E-state index in [2.05, 4.69) is 15.5 Å². The molecule has 1 N–H and O–H groups in total. The van der Waals surface area contributed by atoms with Gasteiger partial charge in [0.05, 0.1) is 17.2 Å². The molecule has 0 bridgehead atoms. The molecule has 0 spiro atoms. The van der Waals surface area contributed by atoms with Crippen LogP contribution in [0.15, 0.2) is 40.9 Å². The van der Waals surface area contributed by atoms with Gasteiger partial charge in [-0.3, -0.25) is 4.79 Å². The second-order valence-corrected chi connectivity index (χ2v) is 8.00. The Morgan fingerprint density at radius 3 is 2.86 bits per heavy atom. The normalized spacial score (nSPS) is 15.7. The number of ether oxygens (including phenoxy) is 1. The fourth-order valence-electron chi connectivity index (χ4n) is 3.35. The zero-order chi connectivity index (χ0) is 20.5. The highest BCUT2D eigenvalue weighted by molar-refractivity contribution is 6.30. The lowest BCUT2D eigenvalue weighted by Gasteiger charge is -2.25. The van der Waals surface area contributed by atoms with Crippen LogP contribution in [0, 0.1) is 12.8 Å². The third-order valence-corrected chi connectivity index (χ3v) is 5.24. The fraction of sp³-hybridized carbons (Fsp3) is 0.318. The van der Waals surface area contributed by atoms with Crippen LogP contribution in [0.4, 0.5) is 5.69 Å². The van der Waals surface area contributed by atoms with Gasteiger partial charge < -0.3 is 14.6 Å². The summed E-state index contributed by atoms with van der Waals surface area (Å²) in [5.74, 6) is 1.53.